The Bertz CT molecular complexity index is 505. The molecule has 1 aliphatic heterocycles. The van der Waals surface area contributed by atoms with Gasteiger partial charge >= 0.3 is 0 Å². The Morgan fingerprint density at radius 3 is 2.59 bits per heavy atom. The number of nitrogens with one attached hydrogen (secondary N) is 1. The fraction of sp³-hybridized carbons (Fsp3) is 0.933. The van der Waals surface area contributed by atoms with Gasteiger partial charge in [0.15, 0.2) is 15.8 Å². The molecule has 22 heavy (non-hydrogen) atoms. The number of guanidine groups is 1. The van der Waals surface area contributed by atoms with Gasteiger partial charge in [-0.15, -0.1) is 24.0 Å². The van der Waals surface area contributed by atoms with Crippen LogP contribution in [0, 0.1) is 5.92 Å². The van der Waals surface area contributed by atoms with Crippen LogP contribution in [0.15, 0.2) is 4.99 Å². The monoisotopic (exact) mass is 443 g/mol. The Hall–Kier alpha value is -0.0500. The molecule has 0 amide bonds. The average molecular weight is 443 g/mol. The van der Waals surface area contributed by atoms with Crippen molar-refractivity contribution in [3.8, 4) is 0 Å². The number of sulfone groups is 1. The third-order valence-corrected chi connectivity index (χ3v) is 7.08. The first-order valence-corrected chi connectivity index (χ1v) is 9.74. The van der Waals surface area contributed by atoms with Crippen LogP contribution in [0.5, 0.6) is 0 Å². The molecule has 2 fully saturated rings. The van der Waals surface area contributed by atoms with Gasteiger partial charge in [-0.2, -0.15) is 0 Å². The zero-order valence-corrected chi connectivity index (χ0v) is 17.3. The van der Waals surface area contributed by atoms with Crippen molar-refractivity contribution in [3.63, 3.8) is 0 Å². The molecule has 1 saturated carbocycles. The van der Waals surface area contributed by atoms with Gasteiger partial charge in [-0.05, 0) is 39.5 Å². The van der Waals surface area contributed by atoms with E-state index in [9.17, 15) is 8.42 Å². The lowest BCUT2D eigenvalue weighted by atomic mass is 10.2. The summed E-state index contributed by atoms with van der Waals surface area (Å²) in [5, 5.41) is 3.54. The Labute approximate surface area is 152 Å². The second kappa shape index (κ2) is 7.68. The number of hydrogen-bond donors (Lipinski definition) is 1. The van der Waals surface area contributed by atoms with E-state index in [1.54, 1.807) is 0 Å². The second-order valence-corrected chi connectivity index (χ2v) is 9.58. The number of aliphatic imine (C=N–C) groups is 1. The van der Waals surface area contributed by atoms with Crippen LogP contribution in [0.3, 0.4) is 0 Å². The van der Waals surface area contributed by atoms with Crippen molar-refractivity contribution < 1.29 is 8.42 Å². The van der Waals surface area contributed by atoms with E-state index >= 15 is 0 Å². The average Bonchev–Trinajstić information content (AvgIpc) is 3.11. The largest absolute Gasteiger partial charge is 0.353 e. The molecule has 130 valence electrons. The minimum Gasteiger partial charge on any atom is -0.353 e. The minimum absolute atomic E-state index is 0. The van der Waals surface area contributed by atoms with Crippen molar-refractivity contribution in [2.24, 2.45) is 10.9 Å². The lowest BCUT2D eigenvalue weighted by Crippen LogP contribution is -2.57. The maximum atomic E-state index is 12.1. The van der Waals surface area contributed by atoms with E-state index in [1.165, 1.54) is 19.3 Å². The molecule has 1 aliphatic carbocycles. The fourth-order valence-electron chi connectivity index (χ4n) is 2.99. The molecule has 2 aliphatic rings. The van der Waals surface area contributed by atoms with Crippen LogP contribution in [0.4, 0.5) is 0 Å². The molecule has 2 rings (SSSR count). The highest BCUT2D eigenvalue weighted by Crippen LogP contribution is 2.35. The zero-order valence-electron chi connectivity index (χ0n) is 14.1. The van der Waals surface area contributed by atoms with E-state index in [2.05, 4.69) is 22.1 Å². The molecule has 0 spiro atoms. The summed E-state index contributed by atoms with van der Waals surface area (Å²) in [4.78, 5) is 6.69. The Morgan fingerprint density at radius 2 is 2.05 bits per heavy atom. The first-order chi connectivity index (χ1) is 9.80. The van der Waals surface area contributed by atoms with E-state index in [0.29, 0.717) is 19.1 Å². The van der Waals surface area contributed by atoms with Gasteiger partial charge in [0.05, 0.1) is 10.5 Å². The Kier molecular flexibility index (Phi) is 6.98. The standard InChI is InChI=1S/C15H29N3O2S.HI/c1-5-7-12-10-13(12)17-14(16-6-2)18-8-9-21(19,20)15(3,4)11-18;/h12-13H,5-11H2,1-4H3,(H,16,17);1H. The van der Waals surface area contributed by atoms with Crippen LogP contribution >= 0.6 is 24.0 Å². The first kappa shape index (κ1) is 20.0. The van der Waals surface area contributed by atoms with Crippen LogP contribution in [-0.4, -0.2) is 55.5 Å². The Balaban J connectivity index is 0.00000242. The summed E-state index contributed by atoms with van der Waals surface area (Å²) in [6.07, 6.45) is 3.70. The molecular weight excluding hydrogens is 413 g/mol. The second-order valence-electron chi connectivity index (χ2n) is 6.83. The van der Waals surface area contributed by atoms with E-state index in [4.69, 9.17) is 0 Å². The summed E-state index contributed by atoms with van der Waals surface area (Å²) >= 11 is 0. The summed E-state index contributed by atoms with van der Waals surface area (Å²) in [7, 11) is -3.00. The molecule has 0 aromatic heterocycles. The number of rotatable bonds is 4. The number of hydrogen-bond acceptors (Lipinski definition) is 3. The molecule has 1 N–H and O–H groups in total. The number of nitrogens with zero attached hydrogens (tertiary/aromatic N) is 2. The van der Waals surface area contributed by atoms with Gasteiger partial charge in [0.1, 0.15) is 0 Å². The van der Waals surface area contributed by atoms with Gasteiger partial charge in [0, 0.05) is 25.7 Å². The molecule has 1 saturated heterocycles. The van der Waals surface area contributed by atoms with Gasteiger partial charge in [0.25, 0.3) is 0 Å². The highest BCUT2D eigenvalue weighted by molar-refractivity contribution is 14.0. The van der Waals surface area contributed by atoms with E-state index < -0.39 is 14.6 Å². The van der Waals surface area contributed by atoms with E-state index in [1.807, 2.05) is 20.8 Å². The molecule has 2 unspecified atom stereocenters. The molecule has 0 aromatic rings. The van der Waals surface area contributed by atoms with Crippen molar-refractivity contribution in [1.82, 2.24) is 10.2 Å². The van der Waals surface area contributed by atoms with Crippen LogP contribution < -0.4 is 5.32 Å². The zero-order chi connectivity index (χ0) is 15.7. The van der Waals surface area contributed by atoms with Gasteiger partial charge in [-0.1, -0.05) is 13.3 Å². The van der Waals surface area contributed by atoms with E-state index in [-0.39, 0.29) is 29.7 Å². The van der Waals surface area contributed by atoms with Crippen LogP contribution in [-0.2, 0) is 9.84 Å². The minimum atomic E-state index is -3.00. The molecule has 0 radical (unpaired) electrons. The predicted molar refractivity (Wildman–Crippen MR) is 103 cm³/mol. The van der Waals surface area contributed by atoms with Crippen molar-refractivity contribution in [1.29, 1.82) is 0 Å². The molecule has 5 nitrogen and oxygen atoms in total. The predicted octanol–water partition coefficient (Wildman–Crippen LogP) is 2.27. The normalized spacial score (nSPS) is 29.6. The van der Waals surface area contributed by atoms with Crippen molar-refractivity contribution in [3.05, 3.63) is 0 Å². The summed E-state index contributed by atoms with van der Waals surface area (Å²) in [6.45, 7) is 9.65. The highest BCUT2D eigenvalue weighted by Gasteiger charge is 2.43. The highest BCUT2D eigenvalue weighted by atomic mass is 127. The lowest BCUT2D eigenvalue weighted by Gasteiger charge is -2.39. The number of halogens is 1. The fourth-order valence-corrected chi connectivity index (χ4v) is 4.36. The summed E-state index contributed by atoms with van der Waals surface area (Å²) in [5.74, 6) is 1.87. The summed E-state index contributed by atoms with van der Waals surface area (Å²) in [5.41, 5.74) is 0. The maximum Gasteiger partial charge on any atom is 0.194 e. The SMILES string of the molecule is CCCC1CC1NC(=NCC)N1CCS(=O)(=O)C(C)(C)C1.I. The first-order valence-electron chi connectivity index (χ1n) is 8.09. The molecule has 2 atom stereocenters. The third-order valence-electron chi connectivity index (χ3n) is 4.55. The Morgan fingerprint density at radius 1 is 1.36 bits per heavy atom. The quantitative estimate of drug-likeness (QED) is 0.412. The van der Waals surface area contributed by atoms with Crippen LogP contribution in [0.1, 0.15) is 47.0 Å². The van der Waals surface area contributed by atoms with Crippen molar-refractivity contribution in [2.45, 2.75) is 57.7 Å². The maximum absolute atomic E-state index is 12.1. The van der Waals surface area contributed by atoms with Crippen molar-refractivity contribution in [2.75, 3.05) is 25.4 Å². The topological polar surface area (TPSA) is 61.8 Å². The third kappa shape index (κ3) is 4.49. The van der Waals surface area contributed by atoms with Gasteiger partial charge in [-0.25, -0.2) is 8.42 Å². The summed E-state index contributed by atoms with van der Waals surface area (Å²) < 4.78 is 23.5. The van der Waals surface area contributed by atoms with Gasteiger partial charge < -0.3 is 10.2 Å². The van der Waals surface area contributed by atoms with Crippen LogP contribution in [0.2, 0.25) is 0 Å². The molecule has 7 heteroatoms. The van der Waals surface area contributed by atoms with Crippen LogP contribution in [0.25, 0.3) is 0 Å². The van der Waals surface area contributed by atoms with Crippen molar-refractivity contribution >= 4 is 39.8 Å². The molecule has 0 aromatic carbocycles. The smallest absolute Gasteiger partial charge is 0.194 e. The summed E-state index contributed by atoms with van der Waals surface area (Å²) in [6, 6.07) is 0.525. The molecular formula is C15H30IN3O2S. The lowest BCUT2D eigenvalue weighted by molar-refractivity contribution is 0.351. The van der Waals surface area contributed by atoms with Gasteiger partial charge in [0.2, 0.25) is 0 Å². The van der Waals surface area contributed by atoms with E-state index in [0.717, 1.165) is 18.4 Å². The molecule has 0 bridgehead atoms. The van der Waals surface area contributed by atoms with Gasteiger partial charge in [-0.3, -0.25) is 4.99 Å². The molecule has 1 heterocycles.